The number of anilines is 3. The number of nitrogens with one attached hydrogen (secondary N) is 1. The van der Waals surface area contributed by atoms with E-state index in [0.29, 0.717) is 62.7 Å². The lowest BCUT2D eigenvalue weighted by Gasteiger charge is -2.28. The first-order chi connectivity index (χ1) is 21.0. The Kier molecular flexibility index (Phi) is 9.20. The Hall–Kier alpha value is -4.04. The van der Waals surface area contributed by atoms with Crippen molar-refractivity contribution in [1.82, 2.24) is 19.4 Å². The van der Waals surface area contributed by atoms with Crippen LogP contribution in [0, 0.1) is 5.82 Å². The molecule has 2 aliphatic rings. The number of nitrogens with zero attached hydrogens (tertiary/aromatic N) is 6. The number of amides is 1. The Balaban J connectivity index is 1.53. The second-order valence-corrected chi connectivity index (χ2v) is 10.8. The van der Waals surface area contributed by atoms with Crippen LogP contribution in [0.15, 0.2) is 41.6 Å². The van der Waals surface area contributed by atoms with E-state index in [1.54, 1.807) is 0 Å². The standard InChI is InChI=1S/C30H35F4N7O3/c1-4-39(5-2)20-6-7-41(17-20)26-14-24(31)21(19-15-35-29(36-16-19)40-8-10-44-11-9-40)12-25(26)37-28(43)22-18-38(3)27(42)13-23(22)30(32,33)34/h12-16,18,20H,4-11,17H2,1-3H3,(H,37,43)/t20-/m1/s1. The number of halogens is 4. The summed E-state index contributed by atoms with van der Waals surface area (Å²) in [7, 11) is 1.26. The molecule has 1 amide bonds. The first-order valence-electron chi connectivity index (χ1n) is 14.6. The maximum atomic E-state index is 15.8. The number of carbonyl (C=O) groups is 1. The van der Waals surface area contributed by atoms with E-state index in [-0.39, 0.29) is 17.3 Å². The van der Waals surface area contributed by atoms with Crippen molar-refractivity contribution in [2.45, 2.75) is 32.5 Å². The van der Waals surface area contributed by atoms with Crippen molar-refractivity contribution in [3.05, 3.63) is 64.1 Å². The van der Waals surface area contributed by atoms with Gasteiger partial charge in [0.05, 0.1) is 35.7 Å². The molecular weight excluding hydrogens is 582 g/mol. The van der Waals surface area contributed by atoms with Crippen molar-refractivity contribution in [2.75, 3.05) is 67.6 Å². The minimum Gasteiger partial charge on any atom is -0.378 e. The minimum absolute atomic E-state index is 0.0774. The number of pyridine rings is 1. The van der Waals surface area contributed by atoms with Crippen LogP contribution in [0.3, 0.4) is 0 Å². The summed E-state index contributed by atoms with van der Waals surface area (Å²) in [5, 5.41) is 2.60. The third-order valence-electron chi connectivity index (χ3n) is 8.19. The lowest BCUT2D eigenvalue weighted by molar-refractivity contribution is -0.138. The lowest BCUT2D eigenvalue weighted by Crippen LogP contribution is -2.37. The normalized spacial score (nSPS) is 17.4. The fourth-order valence-electron chi connectivity index (χ4n) is 5.77. The fourth-order valence-corrected chi connectivity index (χ4v) is 5.77. The maximum absolute atomic E-state index is 15.8. The number of alkyl halides is 3. The number of aryl methyl sites for hydroxylation is 1. The van der Waals surface area contributed by atoms with Crippen LogP contribution in [0.1, 0.15) is 36.2 Å². The van der Waals surface area contributed by atoms with Crippen LogP contribution in [-0.2, 0) is 18.0 Å². The van der Waals surface area contributed by atoms with Gasteiger partial charge in [-0.3, -0.25) is 14.5 Å². The molecule has 1 aromatic carbocycles. The molecule has 44 heavy (non-hydrogen) atoms. The van der Waals surface area contributed by atoms with Crippen LogP contribution in [-0.4, -0.2) is 83.9 Å². The molecule has 2 saturated heterocycles. The molecule has 10 nitrogen and oxygen atoms in total. The van der Waals surface area contributed by atoms with Gasteiger partial charge in [-0.25, -0.2) is 14.4 Å². The van der Waals surface area contributed by atoms with Crippen LogP contribution < -0.4 is 20.7 Å². The zero-order chi connectivity index (χ0) is 31.6. The summed E-state index contributed by atoms with van der Waals surface area (Å²) in [5.74, 6) is -1.20. The van der Waals surface area contributed by atoms with Crippen molar-refractivity contribution in [3.63, 3.8) is 0 Å². The van der Waals surface area contributed by atoms with Gasteiger partial charge in [-0.1, -0.05) is 13.8 Å². The highest BCUT2D eigenvalue weighted by Crippen LogP contribution is 2.37. The second-order valence-electron chi connectivity index (χ2n) is 10.8. The summed E-state index contributed by atoms with van der Waals surface area (Å²) < 4.78 is 63.6. The Morgan fingerprint density at radius 1 is 1.07 bits per heavy atom. The van der Waals surface area contributed by atoms with E-state index in [2.05, 4.69) is 34.0 Å². The van der Waals surface area contributed by atoms with E-state index in [0.717, 1.165) is 30.3 Å². The zero-order valence-electron chi connectivity index (χ0n) is 24.8. The van der Waals surface area contributed by atoms with Crippen LogP contribution in [0.25, 0.3) is 11.1 Å². The highest BCUT2D eigenvalue weighted by Gasteiger charge is 2.37. The Morgan fingerprint density at radius 2 is 1.75 bits per heavy atom. The lowest BCUT2D eigenvalue weighted by atomic mass is 10.0. The largest absolute Gasteiger partial charge is 0.417 e. The van der Waals surface area contributed by atoms with Crippen LogP contribution in [0.5, 0.6) is 0 Å². The molecule has 5 rings (SSSR count). The molecule has 4 heterocycles. The maximum Gasteiger partial charge on any atom is 0.417 e. The van der Waals surface area contributed by atoms with Gasteiger partial charge in [-0.2, -0.15) is 13.2 Å². The quantitative estimate of drug-likeness (QED) is 0.379. The number of hydrogen-bond donors (Lipinski definition) is 1. The average Bonchev–Trinajstić information content (AvgIpc) is 3.49. The van der Waals surface area contributed by atoms with Crippen molar-refractivity contribution >= 4 is 23.2 Å². The van der Waals surface area contributed by atoms with E-state index in [1.807, 2.05) is 9.80 Å². The Bertz CT molecular complexity index is 1550. The summed E-state index contributed by atoms with van der Waals surface area (Å²) in [6.07, 6.45) is -0.337. The number of rotatable bonds is 8. The smallest absolute Gasteiger partial charge is 0.378 e. The number of aromatic nitrogens is 3. The monoisotopic (exact) mass is 617 g/mol. The number of carbonyl (C=O) groups excluding carboxylic acids is 1. The molecule has 14 heteroatoms. The molecule has 2 aliphatic heterocycles. The van der Waals surface area contributed by atoms with Crippen molar-refractivity contribution in [1.29, 1.82) is 0 Å². The fraction of sp³-hybridized carbons (Fsp3) is 0.467. The predicted octanol–water partition coefficient (Wildman–Crippen LogP) is 4.01. The van der Waals surface area contributed by atoms with Crippen LogP contribution >= 0.6 is 0 Å². The van der Waals surface area contributed by atoms with Gasteiger partial charge in [-0.05, 0) is 31.6 Å². The van der Waals surface area contributed by atoms with Crippen LogP contribution in [0.4, 0.5) is 34.9 Å². The molecule has 236 valence electrons. The molecule has 0 spiro atoms. The van der Waals surface area contributed by atoms with Gasteiger partial charge in [0, 0.05) is 75.1 Å². The number of likely N-dealkylation sites (N-methyl/N-ethyl adjacent to an activating group) is 1. The molecule has 3 aromatic rings. The molecule has 1 N–H and O–H groups in total. The molecule has 2 fully saturated rings. The van der Waals surface area contributed by atoms with Gasteiger partial charge in [0.1, 0.15) is 5.82 Å². The zero-order valence-corrected chi connectivity index (χ0v) is 24.8. The van der Waals surface area contributed by atoms with Crippen molar-refractivity contribution in [3.8, 4) is 11.1 Å². The topological polar surface area (TPSA) is 95.8 Å². The van der Waals surface area contributed by atoms with Gasteiger partial charge in [0.2, 0.25) is 5.95 Å². The second kappa shape index (κ2) is 12.9. The Labute approximate surface area is 252 Å². The summed E-state index contributed by atoms with van der Waals surface area (Å²) in [6, 6.07) is 3.28. The molecule has 0 radical (unpaired) electrons. The Morgan fingerprint density at radius 3 is 2.39 bits per heavy atom. The molecule has 2 aromatic heterocycles. The molecule has 0 aliphatic carbocycles. The van der Waals surface area contributed by atoms with Gasteiger partial charge < -0.3 is 24.4 Å². The van der Waals surface area contributed by atoms with Crippen LogP contribution in [0.2, 0.25) is 0 Å². The predicted molar refractivity (Wildman–Crippen MR) is 159 cm³/mol. The number of hydrogen-bond acceptors (Lipinski definition) is 8. The number of ether oxygens (including phenoxy) is 1. The molecule has 0 bridgehead atoms. The summed E-state index contributed by atoms with van der Waals surface area (Å²) in [4.78, 5) is 40.4. The highest BCUT2D eigenvalue weighted by atomic mass is 19.4. The number of benzene rings is 1. The first kappa shape index (κ1) is 31.4. The minimum atomic E-state index is -4.94. The molecular formula is C30H35F4N7O3. The van der Waals surface area contributed by atoms with Gasteiger partial charge >= 0.3 is 6.18 Å². The summed E-state index contributed by atoms with van der Waals surface area (Å²) >= 11 is 0. The summed E-state index contributed by atoms with van der Waals surface area (Å²) in [6.45, 7) is 9.22. The highest BCUT2D eigenvalue weighted by molar-refractivity contribution is 6.07. The van der Waals surface area contributed by atoms with E-state index in [1.165, 1.54) is 31.6 Å². The van der Waals surface area contributed by atoms with E-state index in [4.69, 9.17) is 4.74 Å². The van der Waals surface area contributed by atoms with Crippen molar-refractivity contribution < 1.29 is 27.1 Å². The third kappa shape index (κ3) is 6.55. The summed E-state index contributed by atoms with van der Waals surface area (Å²) in [5.41, 5.74) is -2.09. The average molecular weight is 618 g/mol. The van der Waals surface area contributed by atoms with Crippen molar-refractivity contribution in [2.24, 2.45) is 7.05 Å². The molecule has 0 saturated carbocycles. The number of morpholine rings is 1. The van der Waals surface area contributed by atoms with Gasteiger partial charge in [0.15, 0.2) is 0 Å². The van der Waals surface area contributed by atoms with Gasteiger partial charge in [-0.15, -0.1) is 0 Å². The SMILES string of the molecule is CCN(CC)[C@@H]1CCN(c2cc(F)c(-c3cnc(N4CCOCC4)nc3)cc2NC(=O)c2cn(C)c(=O)cc2C(F)(F)F)C1. The van der Waals surface area contributed by atoms with E-state index in [9.17, 15) is 22.8 Å². The van der Waals surface area contributed by atoms with E-state index < -0.39 is 34.6 Å². The first-order valence-corrected chi connectivity index (χ1v) is 14.6. The molecule has 1 atom stereocenters. The molecule has 0 unspecified atom stereocenters. The third-order valence-corrected chi connectivity index (χ3v) is 8.19. The van der Waals surface area contributed by atoms with Gasteiger partial charge in [0.25, 0.3) is 11.5 Å². The van der Waals surface area contributed by atoms with E-state index >= 15 is 4.39 Å².